The number of likely N-dealkylation sites (tertiary alicyclic amines) is 1. The van der Waals surface area contributed by atoms with E-state index in [1.807, 2.05) is 7.05 Å². The van der Waals surface area contributed by atoms with Crippen molar-refractivity contribution in [2.45, 2.75) is 39.5 Å². The van der Waals surface area contributed by atoms with E-state index in [0.29, 0.717) is 23.2 Å². The second kappa shape index (κ2) is 4.97. The number of nitrogens with zero attached hydrogens (tertiary/aromatic N) is 1. The van der Waals surface area contributed by atoms with Crippen LogP contribution in [0.15, 0.2) is 0 Å². The second-order valence-electron chi connectivity index (χ2n) is 6.11. The van der Waals surface area contributed by atoms with Crippen molar-refractivity contribution in [3.05, 3.63) is 0 Å². The van der Waals surface area contributed by atoms with Gasteiger partial charge >= 0.3 is 0 Å². The maximum atomic E-state index is 12.4. The summed E-state index contributed by atoms with van der Waals surface area (Å²) >= 11 is 0. The fraction of sp³-hybridized carbons (Fsp3) is 0.929. The number of carbonyl (C=O) groups excluding carboxylic acids is 1. The van der Waals surface area contributed by atoms with E-state index in [1.165, 1.54) is 12.8 Å². The largest absolute Gasteiger partial charge is 0.342 e. The van der Waals surface area contributed by atoms with Crippen molar-refractivity contribution >= 4 is 5.91 Å². The summed E-state index contributed by atoms with van der Waals surface area (Å²) < 4.78 is 0. The van der Waals surface area contributed by atoms with Gasteiger partial charge in [-0.05, 0) is 50.6 Å². The second-order valence-corrected chi connectivity index (χ2v) is 6.11. The molecular formula is C14H26N2O. The molecule has 1 N–H and O–H groups in total. The molecule has 0 radical (unpaired) electrons. The zero-order valence-corrected chi connectivity index (χ0v) is 11.5. The standard InChI is InChI=1S/C14H26N2O/c1-4-14(2)8-12(14)13(17)16-7-5-6-11(10-16)9-15-3/h11-12,15H,4-10H2,1-3H3/t11-,12-,14-/m1/s1. The van der Waals surface area contributed by atoms with Crippen LogP contribution in [0, 0.1) is 17.3 Å². The first-order valence-electron chi connectivity index (χ1n) is 7.04. The fourth-order valence-corrected chi connectivity index (χ4v) is 3.12. The lowest BCUT2D eigenvalue weighted by Crippen LogP contribution is -2.43. The fourth-order valence-electron chi connectivity index (χ4n) is 3.12. The maximum absolute atomic E-state index is 12.4. The lowest BCUT2D eigenvalue weighted by atomic mass is 9.96. The molecule has 0 unspecified atom stereocenters. The van der Waals surface area contributed by atoms with E-state index in [4.69, 9.17) is 0 Å². The first-order valence-corrected chi connectivity index (χ1v) is 7.04. The van der Waals surface area contributed by atoms with Gasteiger partial charge < -0.3 is 10.2 Å². The molecule has 0 spiro atoms. The Morgan fingerprint density at radius 2 is 2.29 bits per heavy atom. The summed E-state index contributed by atoms with van der Waals surface area (Å²) in [5, 5.41) is 3.23. The van der Waals surface area contributed by atoms with Gasteiger partial charge in [0.25, 0.3) is 0 Å². The summed E-state index contributed by atoms with van der Waals surface area (Å²) in [6, 6.07) is 0. The van der Waals surface area contributed by atoms with Crippen LogP contribution in [0.1, 0.15) is 39.5 Å². The quantitative estimate of drug-likeness (QED) is 0.811. The van der Waals surface area contributed by atoms with Crippen molar-refractivity contribution in [2.75, 3.05) is 26.7 Å². The third-order valence-corrected chi connectivity index (χ3v) is 4.78. The summed E-state index contributed by atoms with van der Waals surface area (Å²) in [4.78, 5) is 14.5. The smallest absolute Gasteiger partial charge is 0.226 e. The number of nitrogens with one attached hydrogen (secondary N) is 1. The highest BCUT2D eigenvalue weighted by Gasteiger charge is 2.54. The van der Waals surface area contributed by atoms with Crippen molar-refractivity contribution in [3.63, 3.8) is 0 Å². The third kappa shape index (κ3) is 2.65. The van der Waals surface area contributed by atoms with Crippen LogP contribution in [-0.4, -0.2) is 37.5 Å². The van der Waals surface area contributed by atoms with E-state index in [1.54, 1.807) is 0 Å². The van der Waals surface area contributed by atoms with Crippen molar-refractivity contribution < 1.29 is 4.79 Å². The van der Waals surface area contributed by atoms with Gasteiger partial charge in [-0.2, -0.15) is 0 Å². The molecule has 0 aromatic heterocycles. The van der Waals surface area contributed by atoms with E-state index in [2.05, 4.69) is 24.1 Å². The molecule has 3 nitrogen and oxygen atoms in total. The molecule has 0 aromatic rings. The topological polar surface area (TPSA) is 32.3 Å². The van der Waals surface area contributed by atoms with Gasteiger partial charge in [0, 0.05) is 19.0 Å². The van der Waals surface area contributed by atoms with Crippen LogP contribution in [0.5, 0.6) is 0 Å². The van der Waals surface area contributed by atoms with Gasteiger partial charge in [-0.25, -0.2) is 0 Å². The monoisotopic (exact) mass is 238 g/mol. The molecule has 0 aromatic carbocycles. The normalized spacial score (nSPS) is 37.0. The first kappa shape index (κ1) is 12.9. The summed E-state index contributed by atoms with van der Waals surface area (Å²) in [5.74, 6) is 1.40. The molecule has 0 bridgehead atoms. The SMILES string of the molecule is CC[C@]1(C)C[C@@H]1C(=O)N1CCC[C@H](CNC)C1. The summed E-state index contributed by atoms with van der Waals surface area (Å²) in [6.07, 6.45) is 4.68. The number of amides is 1. The molecule has 1 heterocycles. The average Bonchev–Trinajstić information content (AvgIpc) is 3.02. The van der Waals surface area contributed by atoms with Crippen LogP contribution in [0.3, 0.4) is 0 Å². The molecule has 17 heavy (non-hydrogen) atoms. The number of hydrogen-bond donors (Lipinski definition) is 1. The minimum Gasteiger partial charge on any atom is -0.342 e. The molecule has 1 amide bonds. The maximum Gasteiger partial charge on any atom is 0.226 e. The van der Waals surface area contributed by atoms with Crippen LogP contribution in [-0.2, 0) is 4.79 Å². The van der Waals surface area contributed by atoms with Crippen LogP contribution in [0.2, 0.25) is 0 Å². The van der Waals surface area contributed by atoms with Crippen molar-refractivity contribution in [1.29, 1.82) is 0 Å². The van der Waals surface area contributed by atoms with E-state index >= 15 is 0 Å². The predicted octanol–water partition coefficient (Wildman–Crippen LogP) is 1.88. The highest BCUT2D eigenvalue weighted by molar-refractivity contribution is 5.82. The van der Waals surface area contributed by atoms with E-state index in [-0.39, 0.29) is 0 Å². The molecule has 1 saturated heterocycles. The molecule has 3 atom stereocenters. The Morgan fingerprint density at radius 1 is 1.53 bits per heavy atom. The Hall–Kier alpha value is -0.570. The van der Waals surface area contributed by atoms with E-state index in [9.17, 15) is 4.79 Å². The molecule has 2 rings (SSSR count). The van der Waals surface area contributed by atoms with Gasteiger partial charge in [0.15, 0.2) is 0 Å². The Labute approximate surface area is 105 Å². The van der Waals surface area contributed by atoms with Gasteiger partial charge in [0.1, 0.15) is 0 Å². The lowest BCUT2D eigenvalue weighted by Gasteiger charge is -2.33. The number of carbonyl (C=O) groups is 1. The molecule has 2 aliphatic rings. The van der Waals surface area contributed by atoms with Crippen molar-refractivity contribution in [3.8, 4) is 0 Å². The summed E-state index contributed by atoms with van der Waals surface area (Å²) in [5.41, 5.74) is 0.313. The Morgan fingerprint density at radius 3 is 2.88 bits per heavy atom. The van der Waals surface area contributed by atoms with Gasteiger partial charge in [0.05, 0.1) is 0 Å². The molecule has 3 heteroatoms. The average molecular weight is 238 g/mol. The molecular weight excluding hydrogens is 212 g/mol. The first-order chi connectivity index (χ1) is 8.10. The van der Waals surface area contributed by atoms with Gasteiger partial charge in [-0.15, -0.1) is 0 Å². The number of hydrogen-bond acceptors (Lipinski definition) is 2. The highest BCUT2D eigenvalue weighted by Crippen LogP contribution is 2.55. The molecule has 1 aliphatic heterocycles. The summed E-state index contributed by atoms with van der Waals surface area (Å²) in [6.45, 7) is 7.45. The van der Waals surface area contributed by atoms with Gasteiger partial charge in [0.2, 0.25) is 5.91 Å². The van der Waals surface area contributed by atoms with E-state index < -0.39 is 0 Å². The number of rotatable bonds is 4. The Balaban J connectivity index is 1.88. The molecule has 2 fully saturated rings. The van der Waals surface area contributed by atoms with Crippen molar-refractivity contribution in [2.24, 2.45) is 17.3 Å². The zero-order valence-electron chi connectivity index (χ0n) is 11.5. The molecule has 1 aliphatic carbocycles. The highest BCUT2D eigenvalue weighted by atomic mass is 16.2. The van der Waals surface area contributed by atoms with Gasteiger partial charge in [-0.3, -0.25) is 4.79 Å². The van der Waals surface area contributed by atoms with Crippen LogP contribution < -0.4 is 5.32 Å². The molecule has 98 valence electrons. The van der Waals surface area contributed by atoms with Crippen LogP contribution in [0.25, 0.3) is 0 Å². The van der Waals surface area contributed by atoms with Gasteiger partial charge in [-0.1, -0.05) is 13.8 Å². The minimum atomic E-state index is 0.313. The van der Waals surface area contributed by atoms with Crippen molar-refractivity contribution in [1.82, 2.24) is 10.2 Å². The third-order valence-electron chi connectivity index (χ3n) is 4.78. The minimum absolute atomic E-state index is 0.313. The number of piperidine rings is 1. The Kier molecular flexibility index (Phi) is 3.76. The molecule has 1 saturated carbocycles. The zero-order chi connectivity index (χ0) is 12.5. The van der Waals surface area contributed by atoms with Crippen LogP contribution >= 0.6 is 0 Å². The predicted molar refractivity (Wildman–Crippen MR) is 69.7 cm³/mol. The van der Waals surface area contributed by atoms with E-state index in [0.717, 1.165) is 32.5 Å². The van der Waals surface area contributed by atoms with Crippen LogP contribution in [0.4, 0.5) is 0 Å². The Bertz CT molecular complexity index is 290. The summed E-state index contributed by atoms with van der Waals surface area (Å²) in [7, 11) is 2.00. The lowest BCUT2D eigenvalue weighted by molar-refractivity contribution is -0.135.